The van der Waals surface area contributed by atoms with Crippen molar-refractivity contribution in [2.45, 2.75) is 330 Å². The Morgan fingerprint density at radius 1 is 0.388 bits per heavy atom. The number of hydrogen-bond acceptors (Lipinski definition) is 47. The molecule has 1 unspecified atom stereocenters. The third-order valence-electron chi connectivity index (χ3n) is 21.1. The van der Waals surface area contributed by atoms with Crippen molar-refractivity contribution in [2.75, 3.05) is 46.2 Å². The van der Waals surface area contributed by atoms with E-state index >= 15 is 0 Å². The van der Waals surface area contributed by atoms with Crippen LogP contribution in [0.4, 0.5) is 0 Å². The molecule has 9 fully saturated rings. The molecule has 116 heavy (non-hydrogen) atoms. The molecule has 51 nitrogen and oxygen atoms in total. The molecule has 9 saturated heterocycles. The van der Waals surface area contributed by atoms with Crippen molar-refractivity contribution in [3.63, 3.8) is 0 Å². The second-order valence-electron chi connectivity index (χ2n) is 29.4. The predicted octanol–water partition coefficient (Wildman–Crippen LogP) is -18.4. The van der Waals surface area contributed by atoms with Gasteiger partial charge in [0, 0.05) is 27.7 Å². The van der Waals surface area contributed by atoms with Gasteiger partial charge in [0.1, 0.15) is 207 Å². The maximum absolute atomic E-state index is 13.5. The number of ether oxygens (including phenoxy) is 18. The lowest BCUT2D eigenvalue weighted by Gasteiger charge is -2.51. The molecule has 9 heterocycles. The monoisotopic (exact) mass is 1700 g/mol. The van der Waals surface area contributed by atoms with Crippen LogP contribution in [-0.4, -0.2) is 485 Å². The zero-order valence-corrected chi connectivity index (χ0v) is 62.7. The molecule has 0 aromatic heterocycles. The Morgan fingerprint density at radius 2 is 0.802 bits per heavy atom. The van der Waals surface area contributed by atoms with E-state index in [-0.39, 0.29) is 0 Å². The van der Waals surface area contributed by atoms with Gasteiger partial charge in [-0.25, -0.2) is 4.79 Å². The van der Waals surface area contributed by atoms with Gasteiger partial charge in [-0.1, -0.05) is 0 Å². The number of aliphatic carboxylic acids is 1. The summed E-state index contributed by atoms with van der Waals surface area (Å²) in [5.74, 6) is -9.10. The molecule has 0 bridgehead atoms. The fourth-order valence-electron chi connectivity index (χ4n) is 14.8. The Kier molecular flexibility index (Phi) is 33.6. The van der Waals surface area contributed by atoms with Crippen LogP contribution >= 0.6 is 0 Å². The minimum Gasteiger partial charge on any atom is -0.477 e. The first-order chi connectivity index (χ1) is 54.6. The smallest absolute Gasteiger partial charge is 0.364 e. The molecule has 0 radical (unpaired) electrons. The van der Waals surface area contributed by atoms with Crippen LogP contribution in [-0.2, 0) is 109 Å². The van der Waals surface area contributed by atoms with Gasteiger partial charge in [0.15, 0.2) is 50.3 Å². The minimum absolute atomic E-state index is 0.849. The number of aliphatic hydroxyl groups excluding tert-OH is 24. The van der Waals surface area contributed by atoms with Gasteiger partial charge in [-0.05, 0) is 13.8 Å². The number of hydrogen-bond donors (Lipinski definition) is 28. The summed E-state index contributed by atoms with van der Waals surface area (Å²) >= 11 is 0. The molecule has 0 spiro atoms. The van der Waals surface area contributed by atoms with Crippen LogP contribution in [0.1, 0.15) is 48.0 Å². The van der Waals surface area contributed by atoms with Crippen LogP contribution in [0.5, 0.6) is 0 Å². The van der Waals surface area contributed by atoms with Gasteiger partial charge in [0.05, 0.1) is 70.9 Å². The first kappa shape index (κ1) is 95.5. The summed E-state index contributed by atoms with van der Waals surface area (Å²) in [6.07, 6.45) is -88.6. The highest BCUT2D eigenvalue weighted by Gasteiger charge is 2.63. The third-order valence-corrected chi connectivity index (χ3v) is 21.1. The maximum Gasteiger partial charge on any atom is 0.364 e. The molecule has 670 valence electrons. The number of amides is 3. The molecule has 46 atom stereocenters. The predicted molar refractivity (Wildman–Crippen MR) is 356 cm³/mol. The van der Waals surface area contributed by atoms with Crippen molar-refractivity contribution in [1.29, 1.82) is 0 Å². The summed E-state index contributed by atoms with van der Waals surface area (Å²) in [5.41, 5.74) is 0. The van der Waals surface area contributed by atoms with Gasteiger partial charge < -0.3 is 229 Å². The van der Waals surface area contributed by atoms with E-state index in [1.165, 1.54) is 13.8 Å². The maximum atomic E-state index is 13.5. The largest absolute Gasteiger partial charge is 0.477 e. The van der Waals surface area contributed by atoms with Crippen LogP contribution in [0.25, 0.3) is 0 Å². The van der Waals surface area contributed by atoms with Crippen molar-refractivity contribution in [3.05, 3.63) is 0 Å². The number of carboxylic acids is 1. The average molecular weight is 1700 g/mol. The summed E-state index contributed by atoms with van der Waals surface area (Å²) in [6, 6.07) is -5.69. The zero-order valence-electron chi connectivity index (χ0n) is 62.7. The Labute approximate surface area is 656 Å². The van der Waals surface area contributed by atoms with E-state index in [9.17, 15) is 152 Å². The van der Waals surface area contributed by atoms with Crippen LogP contribution in [0.15, 0.2) is 0 Å². The van der Waals surface area contributed by atoms with Gasteiger partial charge >= 0.3 is 11.9 Å². The minimum atomic E-state index is -3.11. The lowest BCUT2D eigenvalue weighted by molar-refractivity contribution is -0.396. The second kappa shape index (κ2) is 40.8. The molecule has 9 rings (SSSR count). The molecule has 28 N–H and O–H groups in total. The van der Waals surface area contributed by atoms with Crippen molar-refractivity contribution in [3.8, 4) is 0 Å². The van der Waals surface area contributed by atoms with E-state index in [2.05, 4.69) is 16.0 Å². The highest BCUT2D eigenvalue weighted by atomic mass is 16.8. The summed E-state index contributed by atoms with van der Waals surface area (Å²) in [6.45, 7) is -2.02. The Balaban J connectivity index is 1.01. The Hall–Kier alpha value is -4.29. The zero-order chi connectivity index (χ0) is 85.9. The first-order valence-corrected chi connectivity index (χ1v) is 36.9. The molecule has 0 aliphatic carbocycles. The molecule has 51 heteroatoms. The van der Waals surface area contributed by atoms with Gasteiger partial charge in [0.2, 0.25) is 17.7 Å². The van der Waals surface area contributed by atoms with Crippen LogP contribution in [0, 0.1) is 0 Å². The SMILES string of the molecule is CC(=O)N[C@H]1[C@H](O[C@H]2[C@@H](O)[C@@H](CO[C@@H]3O[C@H](CO)[C@@H](O[C@@H]4O[C@H](CO)[C@H](O)[C@H](O)[C@H]4O[C@@H]4O[C@@H](C)[C@@H](O)[C@@H](O)[C@@H]4O)[C@H](O[C@@H]4O[C@@H](C)[C@@H](O)[C@@H](O)[C@@H]4O)[C@H]3NC(C)=O)O[C@@H](O[C@H]3[C@H](O)[C@@H](O)C(O)O[C@@H]3CO)[C@@H]2O)O[C@H](CO)[C@@H](O[C@@H]2O[C@H](CO[C@]3(C(=O)O)C[C@H](OC(C)=O)[C@@H](NC(C)=O)[C@H]([C@H](O)[C@H](O)CO)O3)[C@H](O)[C@H](O)[C@H]2O)[C@@H]1O. The second-order valence-corrected chi connectivity index (χ2v) is 29.4. The van der Waals surface area contributed by atoms with Crippen LogP contribution in [0.2, 0.25) is 0 Å². The highest BCUT2D eigenvalue weighted by Crippen LogP contribution is 2.41. The summed E-state index contributed by atoms with van der Waals surface area (Å²) in [7, 11) is 0. The summed E-state index contributed by atoms with van der Waals surface area (Å²) < 4.78 is 106. The number of carbonyl (C=O) groups is 5. The summed E-state index contributed by atoms with van der Waals surface area (Å²) in [4.78, 5) is 64.7. The summed E-state index contributed by atoms with van der Waals surface area (Å²) in [5, 5.41) is 284. The molecule has 0 aromatic carbocycles. The van der Waals surface area contributed by atoms with Crippen molar-refractivity contribution in [2.24, 2.45) is 0 Å². The number of carbonyl (C=O) groups excluding carboxylic acids is 4. The standard InChI is InChI=1S/C65H107N3O48/c1-15-32(79)39(86)45(92)59(101-15)113-53-31(68-19(5)76)57(106-26(12-73)51(53)112-63-55(42(89)35(82)23(9-70)105-63)115-60-46(93)40(87)33(80)16(2)102-60)99-13-27-37(84)54(48(95)62(108-27)111-50-24(10-71)104-56(96)44(91)43(50)90)114-58-30(67-18(4)75)38(85)49(25(11-72)107-58)110-61-47(94)41(88)36(83)28(109-61)14-100-65(64(97)98)7-22(103-20(6)77)29(66-17(3)74)52(116-65)34(81)21(78)8-69/h15-16,21-63,69-73,78-96H,7-14H2,1-6H3,(H,66,74)(H,67,75)(H,68,76)(H,97,98)/t15-,16-,21+,22-,23+,24+,25+,26+,27+,28+,29+,30+,31+,32+,33+,34+,35-,36-,37-,38+,39+,40+,41-,42-,43+,44+,45-,46-,47+,48+,49+,50+,51+,52+,53+,54-,55+,56?,57+,58-,59-,60-,61-,62-,63-,65+/m0/s1. The quantitative estimate of drug-likeness (QED) is 0.0297. The van der Waals surface area contributed by atoms with Gasteiger partial charge in [0.25, 0.3) is 5.79 Å². The number of carboxylic acid groups (broad SMARTS) is 1. The van der Waals surface area contributed by atoms with E-state index in [0.717, 1.165) is 27.7 Å². The number of aliphatic hydroxyl groups is 24. The third kappa shape index (κ3) is 21.0. The lowest BCUT2D eigenvalue weighted by atomic mass is 9.88. The van der Waals surface area contributed by atoms with Gasteiger partial charge in [-0.15, -0.1) is 0 Å². The van der Waals surface area contributed by atoms with E-state index in [4.69, 9.17) is 85.3 Å². The highest BCUT2D eigenvalue weighted by molar-refractivity contribution is 5.77. The van der Waals surface area contributed by atoms with Gasteiger partial charge in [-0.3, -0.25) is 19.2 Å². The molecule has 9 aliphatic rings. The van der Waals surface area contributed by atoms with Crippen LogP contribution < -0.4 is 16.0 Å². The van der Waals surface area contributed by atoms with E-state index < -0.39 is 364 Å². The fourth-order valence-corrected chi connectivity index (χ4v) is 14.8. The van der Waals surface area contributed by atoms with Crippen molar-refractivity contribution in [1.82, 2.24) is 16.0 Å². The van der Waals surface area contributed by atoms with Gasteiger partial charge in [-0.2, -0.15) is 0 Å². The lowest BCUT2D eigenvalue weighted by Crippen LogP contribution is -2.71. The van der Waals surface area contributed by atoms with E-state index in [0.29, 0.717) is 0 Å². The first-order valence-electron chi connectivity index (χ1n) is 36.9. The Bertz CT molecular complexity index is 3170. The fraction of sp³-hybridized carbons (Fsp3) is 0.923. The van der Waals surface area contributed by atoms with E-state index in [1.807, 2.05) is 0 Å². The number of nitrogens with one attached hydrogen (secondary N) is 3. The molecular formula is C65H107N3O48. The molecule has 0 aromatic rings. The van der Waals surface area contributed by atoms with Crippen molar-refractivity contribution < 1.29 is 237 Å². The molecule has 0 saturated carbocycles. The molecule has 9 aliphatic heterocycles. The average Bonchev–Trinajstić information content (AvgIpc) is 0.764. The number of rotatable bonds is 30. The molecular weight excluding hydrogens is 1590 g/mol. The molecule has 3 amide bonds. The van der Waals surface area contributed by atoms with E-state index in [1.54, 1.807) is 0 Å². The topological polar surface area (TPSA) is 793 Å². The Morgan fingerprint density at radius 3 is 1.33 bits per heavy atom. The van der Waals surface area contributed by atoms with Crippen molar-refractivity contribution >= 4 is 29.7 Å². The number of esters is 1. The normalized spacial score (nSPS) is 48.2. The van der Waals surface area contributed by atoms with Crippen LogP contribution in [0.3, 0.4) is 0 Å².